The van der Waals surface area contributed by atoms with Crippen molar-refractivity contribution in [2.24, 2.45) is 5.41 Å². The van der Waals surface area contributed by atoms with Crippen LogP contribution in [0.1, 0.15) is 54.6 Å². The number of ether oxygens (including phenoxy) is 1. The van der Waals surface area contributed by atoms with E-state index in [9.17, 15) is 19.5 Å². The van der Waals surface area contributed by atoms with Gasteiger partial charge in [-0.15, -0.1) is 11.3 Å². The first kappa shape index (κ1) is 17.5. The molecule has 7 heteroatoms. The molecule has 1 heterocycles. The third kappa shape index (κ3) is 4.10. The predicted octanol–water partition coefficient (Wildman–Crippen LogP) is 3.29. The first-order valence-electron chi connectivity index (χ1n) is 7.67. The van der Waals surface area contributed by atoms with Crippen molar-refractivity contribution in [3.63, 3.8) is 0 Å². The molecule has 126 valence electrons. The summed E-state index contributed by atoms with van der Waals surface area (Å²) in [7, 11) is 1.28. The topological polar surface area (TPSA) is 92.7 Å². The molecule has 0 bridgehead atoms. The number of nitrogens with one attached hydrogen (secondary N) is 1. The molecule has 6 nitrogen and oxygen atoms in total. The van der Waals surface area contributed by atoms with Gasteiger partial charge in [0.1, 0.15) is 4.88 Å². The lowest BCUT2D eigenvalue weighted by atomic mass is 9.77. The first-order chi connectivity index (χ1) is 11.0. The summed E-state index contributed by atoms with van der Waals surface area (Å²) in [5.74, 6) is -1.80. The SMILES string of the molecule is COC(=O)c1sccc1NC(=O)CC1(C(=O)O)CCCCCC1. The van der Waals surface area contributed by atoms with E-state index in [1.54, 1.807) is 11.4 Å². The van der Waals surface area contributed by atoms with E-state index in [1.807, 2.05) is 0 Å². The van der Waals surface area contributed by atoms with E-state index in [4.69, 9.17) is 0 Å². The number of carboxylic acids is 1. The Kier molecular flexibility index (Phi) is 5.76. The average Bonchev–Trinajstić information content (AvgIpc) is 2.83. The van der Waals surface area contributed by atoms with Crippen molar-refractivity contribution in [2.45, 2.75) is 44.9 Å². The molecule has 1 aromatic rings. The van der Waals surface area contributed by atoms with E-state index in [0.717, 1.165) is 25.7 Å². The molecule has 0 atom stereocenters. The molecule has 0 aliphatic heterocycles. The highest BCUT2D eigenvalue weighted by Gasteiger charge is 2.40. The Hall–Kier alpha value is -1.89. The number of hydrogen-bond acceptors (Lipinski definition) is 5. The minimum absolute atomic E-state index is 0.0706. The van der Waals surface area contributed by atoms with Gasteiger partial charge in [-0.3, -0.25) is 9.59 Å². The lowest BCUT2D eigenvalue weighted by Gasteiger charge is -2.27. The van der Waals surface area contributed by atoms with Crippen LogP contribution in [0.4, 0.5) is 5.69 Å². The zero-order valence-corrected chi connectivity index (χ0v) is 13.9. The number of aliphatic carboxylic acids is 1. The number of esters is 1. The second kappa shape index (κ2) is 7.59. The van der Waals surface area contributed by atoms with Crippen LogP contribution >= 0.6 is 11.3 Å². The predicted molar refractivity (Wildman–Crippen MR) is 86.7 cm³/mol. The number of rotatable bonds is 5. The van der Waals surface area contributed by atoms with Crippen molar-refractivity contribution in [1.82, 2.24) is 0 Å². The van der Waals surface area contributed by atoms with Crippen LogP contribution in [0.3, 0.4) is 0 Å². The quantitative estimate of drug-likeness (QED) is 0.634. The van der Waals surface area contributed by atoms with E-state index in [0.29, 0.717) is 23.4 Å². The zero-order chi connectivity index (χ0) is 16.9. The molecule has 2 N–H and O–H groups in total. The highest BCUT2D eigenvalue weighted by atomic mass is 32.1. The molecule has 1 aliphatic carbocycles. The van der Waals surface area contributed by atoms with E-state index < -0.39 is 17.4 Å². The van der Waals surface area contributed by atoms with E-state index in [-0.39, 0.29) is 12.3 Å². The molecule has 0 spiro atoms. The third-order valence-electron chi connectivity index (χ3n) is 4.32. The van der Waals surface area contributed by atoms with Gasteiger partial charge >= 0.3 is 11.9 Å². The molecule has 1 saturated carbocycles. The number of anilines is 1. The molecule has 1 fully saturated rings. The molecular formula is C16H21NO5S. The van der Waals surface area contributed by atoms with Gasteiger partial charge in [-0.25, -0.2) is 4.79 Å². The van der Waals surface area contributed by atoms with Gasteiger partial charge in [0.15, 0.2) is 0 Å². The summed E-state index contributed by atoms with van der Waals surface area (Å²) >= 11 is 1.17. The maximum atomic E-state index is 12.3. The van der Waals surface area contributed by atoms with Gasteiger partial charge in [0.05, 0.1) is 18.2 Å². The monoisotopic (exact) mass is 339 g/mol. The summed E-state index contributed by atoms with van der Waals surface area (Å²) < 4.78 is 4.67. The average molecular weight is 339 g/mol. The number of hydrogen-bond donors (Lipinski definition) is 2. The number of thiophene rings is 1. The van der Waals surface area contributed by atoms with Crippen molar-refractivity contribution in [3.8, 4) is 0 Å². The summed E-state index contributed by atoms with van der Waals surface area (Å²) in [4.78, 5) is 36.0. The summed E-state index contributed by atoms with van der Waals surface area (Å²) in [5.41, 5.74) is -0.622. The van der Waals surface area contributed by atoms with Crippen LogP contribution in [-0.2, 0) is 14.3 Å². The number of amides is 1. The summed E-state index contributed by atoms with van der Waals surface area (Å²) in [6.07, 6.45) is 4.63. The molecule has 0 radical (unpaired) electrons. The number of carboxylic acid groups (broad SMARTS) is 1. The van der Waals surface area contributed by atoms with Crippen molar-refractivity contribution in [2.75, 3.05) is 12.4 Å². The van der Waals surface area contributed by atoms with Crippen LogP contribution in [0.2, 0.25) is 0 Å². The van der Waals surface area contributed by atoms with E-state index >= 15 is 0 Å². The molecule has 1 amide bonds. The molecule has 1 aliphatic rings. The van der Waals surface area contributed by atoms with Crippen LogP contribution in [0.5, 0.6) is 0 Å². The fourth-order valence-corrected chi connectivity index (χ4v) is 3.80. The summed E-state index contributed by atoms with van der Waals surface area (Å²) in [6, 6.07) is 1.62. The Morgan fingerprint density at radius 3 is 2.48 bits per heavy atom. The second-order valence-electron chi connectivity index (χ2n) is 5.88. The number of methoxy groups -OCH3 is 1. The minimum atomic E-state index is -0.998. The highest BCUT2D eigenvalue weighted by molar-refractivity contribution is 7.12. The molecule has 0 saturated heterocycles. The van der Waals surface area contributed by atoms with E-state index in [1.165, 1.54) is 18.4 Å². The van der Waals surface area contributed by atoms with Gasteiger partial charge in [-0.2, -0.15) is 0 Å². The van der Waals surface area contributed by atoms with Crippen molar-refractivity contribution < 1.29 is 24.2 Å². The molecule has 0 aromatic carbocycles. The minimum Gasteiger partial charge on any atom is -0.481 e. The van der Waals surface area contributed by atoms with E-state index in [2.05, 4.69) is 10.1 Å². The Morgan fingerprint density at radius 1 is 1.26 bits per heavy atom. The fraction of sp³-hybridized carbons (Fsp3) is 0.562. The molecule has 1 aromatic heterocycles. The Labute approximate surface area is 138 Å². The van der Waals surface area contributed by atoms with Crippen LogP contribution in [-0.4, -0.2) is 30.1 Å². The second-order valence-corrected chi connectivity index (χ2v) is 6.80. The zero-order valence-electron chi connectivity index (χ0n) is 13.1. The van der Waals surface area contributed by atoms with Crippen LogP contribution in [0.15, 0.2) is 11.4 Å². The van der Waals surface area contributed by atoms with Gasteiger partial charge in [0, 0.05) is 6.42 Å². The number of carbonyl (C=O) groups is 3. The standard InChI is InChI=1S/C16H21NO5S/c1-22-14(19)13-11(6-9-23-13)17-12(18)10-16(15(20)21)7-4-2-3-5-8-16/h6,9H,2-5,7-8,10H2,1H3,(H,17,18)(H,20,21). The maximum absolute atomic E-state index is 12.3. The van der Waals surface area contributed by atoms with Gasteiger partial charge in [0.25, 0.3) is 0 Å². The molecular weight excluding hydrogens is 318 g/mol. The van der Waals surface area contributed by atoms with Crippen LogP contribution < -0.4 is 5.32 Å². The highest BCUT2D eigenvalue weighted by Crippen LogP contribution is 2.39. The van der Waals surface area contributed by atoms with Gasteiger partial charge < -0.3 is 15.2 Å². The van der Waals surface area contributed by atoms with Crippen molar-refractivity contribution >= 4 is 34.9 Å². The van der Waals surface area contributed by atoms with Crippen molar-refractivity contribution in [3.05, 3.63) is 16.3 Å². The normalized spacial score (nSPS) is 17.1. The smallest absolute Gasteiger partial charge is 0.350 e. The third-order valence-corrected chi connectivity index (χ3v) is 5.22. The fourth-order valence-electron chi connectivity index (χ4n) is 3.03. The summed E-state index contributed by atoms with van der Waals surface area (Å²) in [5, 5.41) is 14.0. The van der Waals surface area contributed by atoms with Gasteiger partial charge in [-0.1, -0.05) is 25.7 Å². The molecule has 23 heavy (non-hydrogen) atoms. The molecule has 2 rings (SSSR count). The first-order valence-corrected chi connectivity index (χ1v) is 8.55. The van der Waals surface area contributed by atoms with Crippen LogP contribution in [0.25, 0.3) is 0 Å². The maximum Gasteiger partial charge on any atom is 0.350 e. The largest absolute Gasteiger partial charge is 0.481 e. The summed E-state index contributed by atoms with van der Waals surface area (Å²) in [6.45, 7) is 0. The van der Waals surface area contributed by atoms with Gasteiger partial charge in [0.2, 0.25) is 5.91 Å². The van der Waals surface area contributed by atoms with Crippen LogP contribution in [0, 0.1) is 5.41 Å². The Bertz CT molecular complexity index is 587. The Morgan fingerprint density at radius 2 is 1.91 bits per heavy atom. The number of carbonyl (C=O) groups excluding carboxylic acids is 2. The lowest BCUT2D eigenvalue weighted by Crippen LogP contribution is -2.35. The molecule has 0 unspecified atom stereocenters. The lowest BCUT2D eigenvalue weighted by molar-refractivity contribution is -0.152. The van der Waals surface area contributed by atoms with Gasteiger partial charge in [-0.05, 0) is 24.3 Å². The van der Waals surface area contributed by atoms with Crippen molar-refractivity contribution in [1.29, 1.82) is 0 Å². The Balaban J connectivity index is 2.09.